The second-order valence-corrected chi connectivity index (χ2v) is 7.18. The van der Waals surface area contributed by atoms with Gasteiger partial charge < -0.3 is 15.6 Å². The van der Waals surface area contributed by atoms with E-state index in [0.717, 1.165) is 12.1 Å². The largest absolute Gasteiger partial charge is 0.361 e. The fraction of sp³-hybridized carbons (Fsp3) is 0.318. The summed E-state index contributed by atoms with van der Waals surface area (Å²) in [6.07, 6.45) is 2.11. The second-order valence-electron chi connectivity index (χ2n) is 7.18. The number of benzene rings is 2. The van der Waals surface area contributed by atoms with Crippen LogP contribution in [0.2, 0.25) is 0 Å². The molecule has 0 spiro atoms. The topological polar surface area (TPSA) is 61.5 Å². The van der Waals surface area contributed by atoms with Crippen LogP contribution in [0, 0.1) is 0 Å². The minimum Gasteiger partial charge on any atom is -0.361 e. The number of carbonyl (C=O) groups excluding carboxylic acids is 1. The van der Waals surface area contributed by atoms with Crippen LogP contribution in [0.25, 0.3) is 10.9 Å². The van der Waals surface area contributed by atoms with E-state index in [4.69, 9.17) is 0 Å². The van der Waals surface area contributed by atoms with Gasteiger partial charge in [0.1, 0.15) is 0 Å². The summed E-state index contributed by atoms with van der Waals surface area (Å²) in [5.74, 6) is 0.312. The van der Waals surface area contributed by atoms with Crippen LogP contribution in [0.3, 0.4) is 0 Å². The number of amides is 1. The number of fused-ring (bicyclic) bond motifs is 1. The highest BCUT2D eigenvalue weighted by atomic mass is 16.2. The predicted octanol–water partition coefficient (Wildman–Crippen LogP) is 2.78. The number of carbonyl (C=O) groups is 1. The van der Waals surface area contributed by atoms with Crippen LogP contribution >= 0.6 is 0 Å². The summed E-state index contributed by atoms with van der Waals surface area (Å²) in [6, 6.07) is 18.9. The van der Waals surface area contributed by atoms with Crippen LogP contribution < -0.4 is 10.6 Å². The van der Waals surface area contributed by atoms with Gasteiger partial charge in [-0.05, 0) is 38.0 Å². The number of quaternary nitrogens is 1. The molecule has 3 aromatic rings. The molecule has 0 aliphatic heterocycles. The maximum absolute atomic E-state index is 12.3. The molecule has 4 heteroatoms. The number of nitrogens with one attached hydrogen (secondary N) is 2. The molecule has 2 aromatic carbocycles. The van der Waals surface area contributed by atoms with E-state index >= 15 is 0 Å². The summed E-state index contributed by atoms with van der Waals surface area (Å²) >= 11 is 0. The normalized spacial score (nSPS) is 13.7. The molecule has 0 saturated carbocycles. The number of rotatable bonds is 7. The number of aromatic amines is 1. The van der Waals surface area contributed by atoms with Crippen LogP contribution in [-0.4, -0.2) is 29.5 Å². The van der Waals surface area contributed by atoms with Crippen molar-refractivity contribution < 1.29 is 10.1 Å². The maximum Gasteiger partial charge on any atom is 0.278 e. The first-order valence-electron chi connectivity index (χ1n) is 9.31. The zero-order chi connectivity index (χ0) is 18.5. The molecule has 4 nitrogen and oxygen atoms in total. The highest BCUT2D eigenvalue weighted by Crippen LogP contribution is 2.29. The lowest BCUT2D eigenvalue weighted by molar-refractivity contribution is -0.674. The van der Waals surface area contributed by atoms with Gasteiger partial charge >= 0.3 is 0 Å². The summed E-state index contributed by atoms with van der Waals surface area (Å²) in [5.41, 5.74) is 3.69. The second kappa shape index (κ2) is 8.19. The van der Waals surface area contributed by atoms with E-state index in [1.807, 2.05) is 32.9 Å². The third-order valence-corrected chi connectivity index (χ3v) is 4.77. The van der Waals surface area contributed by atoms with E-state index < -0.39 is 0 Å². The van der Waals surface area contributed by atoms with Gasteiger partial charge in [-0.25, -0.2) is 0 Å². The third kappa shape index (κ3) is 4.14. The van der Waals surface area contributed by atoms with Crippen molar-refractivity contribution in [2.75, 3.05) is 6.54 Å². The van der Waals surface area contributed by atoms with Gasteiger partial charge in [0.2, 0.25) is 0 Å². The molecule has 1 aromatic heterocycles. The van der Waals surface area contributed by atoms with Crippen LogP contribution in [0.5, 0.6) is 0 Å². The molecule has 0 unspecified atom stereocenters. The van der Waals surface area contributed by atoms with Crippen molar-refractivity contribution in [3.63, 3.8) is 0 Å². The molecule has 0 bridgehead atoms. The van der Waals surface area contributed by atoms with Crippen molar-refractivity contribution in [2.24, 2.45) is 0 Å². The lowest BCUT2D eigenvalue weighted by Gasteiger charge is -2.19. The Hall–Kier alpha value is -2.59. The van der Waals surface area contributed by atoms with Gasteiger partial charge in [0, 0.05) is 23.1 Å². The molecule has 1 heterocycles. The lowest BCUT2D eigenvalue weighted by atomic mass is 9.90. The molecule has 0 saturated heterocycles. The molecule has 136 valence electrons. The van der Waals surface area contributed by atoms with E-state index in [-0.39, 0.29) is 23.9 Å². The summed E-state index contributed by atoms with van der Waals surface area (Å²) in [7, 11) is 0. The van der Waals surface area contributed by atoms with Crippen LogP contribution in [0.15, 0.2) is 60.8 Å². The van der Waals surface area contributed by atoms with Gasteiger partial charge in [-0.1, -0.05) is 48.5 Å². The molecule has 4 N–H and O–H groups in total. The lowest BCUT2D eigenvalue weighted by Crippen LogP contribution is -2.92. The fourth-order valence-corrected chi connectivity index (χ4v) is 3.37. The Morgan fingerprint density at radius 2 is 1.73 bits per heavy atom. The Morgan fingerprint density at radius 1 is 1.04 bits per heavy atom. The molecular weight excluding hydrogens is 322 g/mol. The molecule has 0 fully saturated rings. The van der Waals surface area contributed by atoms with Gasteiger partial charge in [0.15, 0.2) is 6.04 Å². The molecule has 3 rings (SSSR count). The number of hydrogen-bond donors (Lipinski definition) is 3. The predicted molar refractivity (Wildman–Crippen MR) is 106 cm³/mol. The maximum atomic E-state index is 12.3. The highest BCUT2D eigenvalue weighted by Gasteiger charge is 2.23. The van der Waals surface area contributed by atoms with Crippen molar-refractivity contribution >= 4 is 16.8 Å². The van der Waals surface area contributed by atoms with Crippen LogP contribution in [0.1, 0.15) is 37.8 Å². The standard InChI is InChI=1S/C22H27N3O/c1-15(2)25-22(26)16(3)23-13-19(17-9-5-4-6-10-17)20-14-24-21-12-8-7-11-18(20)21/h4-12,14-16,19,23-24H,13H2,1-3H3,(H,25,26)/p+1/t16-,19-/m1/s1. The molecule has 2 atom stereocenters. The van der Waals surface area contributed by atoms with Gasteiger partial charge in [-0.3, -0.25) is 4.79 Å². The summed E-state index contributed by atoms with van der Waals surface area (Å²) in [6.45, 7) is 6.76. The van der Waals surface area contributed by atoms with E-state index in [9.17, 15) is 4.79 Å². The Bertz CT molecular complexity index is 854. The monoisotopic (exact) mass is 350 g/mol. The summed E-state index contributed by atoms with van der Waals surface area (Å²) in [5, 5.41) is 6.37. The number of aromatic nitrogens is 1. The first-order valence-corrected chi connectivity index (χ1v) is 9.31. The molecule has 1 amide bonds. The smallest absolute Gasteiger partial charge is 0.278 e. The number of para-hydroxylation sites is 1. The molecule has 0 radical (unpaired) electrons. The van der Waals surface area contributed by atoms with Gasteiger partial charge in [0.05, 0.1) is 12.5 Å². The van der Waals surface area contributed by atoms with Gasteiger partial charge in [-0.2, -0.15) is 0 Å². The van der Waals surface area contributed by atoms with Crippen molar-refractivity contribution in [1.82, 2.24) is 10.3 Å². The van der Waals surface area contributed by atoms with Crippen molar-refractivity contribution in [1.29, 1.82) is 0 Å². The Balaban J connectivity index is 1.84. The summed E-state index contributed by atoms with van der Waals surface area (Å²) < 4.78 is 0. The van der Waals surface area contributed by atoms with E-state index in [0.29, 0.717) is 0 Å². The Labute approximate surface area is 155 Å². The average molecular weight is 350 g/mol. The van der Waals surface area contributed by atoms with E-state index in [1.165, 1.54) is 16.5 Å². The number of H-pyrrole nitrogens is 1. The number of nitrogens with two attached hydrogens (primary N) is 1. The molecule has 26 heavy (non-hydrogen) atoms. The quantitative estimate of drug-likeness (QED) is 0.603. The first-order chi connectivity index (χ1) is 12.6. The zero-order valence-corrected chi connectivity index (χ0v) is 15.7. The van der Waals surface area contributed by atoms with Crippen LogP contribution in [0.4, 0.5) is 0 Å². The Kier molecular flexibility index (Phi) is 5.74. The highest BCUT2D eigenvalue weighted by molar-refractivity contribution is 5.84. The molecule has 0 aliphatic rings. The van der Waals surface area contributed by atoms with E-state index in [1.54, 1.807) is 0 Å². The van der Waals surface area contributed by atoms with Crippen molar-refractivity contribution in [3.8, 4) is 0 Å². The fourth-order valence-electron chi connectivity index (χ4n) is 3.37. The molecular formula is C22H28N3O+. The van der Waals surface area contributed by atoms with E-state index in [2.05, 4.69) is 64.3 Å². The average Bonchev–Trinajstić information content (AvgIpc) is 3.06. The third-order valence-electron chi connectivity index (χ3n) is 4.77. The zero-order valence-electron chi connectivity index (χ0n) is 15.7. The minimum atomic E-state index is -0.117. The van der Waals surface area contributed by atoms with Crippen molar-refractivity contribution in [3.05, 3.63) is 71.9 Å². The van der Waals surface area contributed by atoms with Gasteiger partial charge in [-0.15, -0.1) is 0 Å². The summed E-state index contributed by atoms with van der Waals surface area (Å²) in [4.78, 5) is 15.6. The Morgan fingerprint density at radius 3 is 2.46 bits per heavy atom. The van der Waals surface area contributed by atoms with Crippen LogP contribution in [-0.2, 0) is 4.79 Å². The minimum absolute atomic E-state index is 0.0886. The first kappa shape index (κ1) is 18.2. The van der Waals surface area contributed by atoms with Gasteiger partial charge in [0.25, 0.3) is 5.91 Å². The molecule has 0 aliphatic carbocycles. The number of hydrogen-bond acceptors (Lipinski definition) is 1. The van der Waals surface area contributed by atoms with Crippen molar-refractivity contribution in [2.45, 2.75) is 38.8 Å². The SMILES string of the molecule is CC(C)NC(=O)[C@@H](C)[NH2+]C[C@H](c1ccccc1)c1c[nH]c2ccccc12.